The van der Waals surface area contributed by atoms with E-state index in [9.17, 15) is 13.2 Å². The van der Waals surface area contributed by atoms with Crippen molar-refractivity contribution in [3.63, 3.8) is 0 Å². The number of hydrogen-bond acceptors (Lipinski definition) is 5. The Morgan fingerprint density at radius 1 is 1.11 bits per heavy atom. The Bertz CT molecular complexity index is 785. The maximum atomic E-state index is 12.6. The number of sulfonamides is 1. The number of ether oxygens (including phenoxy) is 2. The molecular formula is C20H28N2O5S. The number of hydrogen-bond donors (Lipinski definition) is 1. The van der Waals surface area contributed by atoms with E-state index in [0.29, 0.717) is 32.6 Å². The van der Waals surface area contributed by atoms with Crippen LogP contribution in [0.1, 0.15) is 37.7 Å². The predicted octanol–water partition coefficient (Wildman–Crippen LogP) is 1.67. The van der Waals surface area contributed by atoms with Crippen LogP contribution in [0.15, 0.2) is 29.2 Å². The van der Waals surface area contributed by atoms with Gasteiger partial charge in [-0.1, -0.05) is 12.1 Å². The highest BCUT2D eigenvalue weighted by Gasteiger charge is 2.32. The second-order valence-electron chi connectivity index (χ2n) is 7.89. The Morgan fingerprint density at radius 3 is 2.50 bits per heavy atom. The number of rotatable bonds is 7. The highest BCUT2D eigenvalue weighted by atomic mass is 32.2. The van der Waals surface area contributed by atoms with Gasteiger partial charge in [0.15, 0.2) is 6.29 Å². The van der Waals surface area contributed by atoms with Gasteiger partial charge in [-0.15, -0.1) is 0 Å². The molecule has 1 atom stereocenters. The average Bonchev–Trinajstić information content (AvgIpc) is 3.33. The van der Waals surface area contributed by atoms with Crippen LogP contribution in [-0.2, 0) is 30.7 Å². The second kappa shape index (κ2) is 8.49. The number of amides is 1. The standard InChI is InChI=1S/C20H28N2O5S/c23-19(22-11-1-2-16(14-22)20-26-12-13-27-20)10-5-15-3-8-18(9-4-15)28(24,25)21-17-6-7-17/h3-4,8-9,16-17,20-21H,1-2,5-7,10-14H2. The summed E-state index contributed by atoms with van der Waals surface area (Å²) in [6.07, 6.45) is 4.68. The zero-order chi connectivity index (χ0) is 19.6. The summed E-state index contributed by atoms with van der Waals surface area (Å²) in [5, 5.41) is 0. The van der Waals surface area contributed by atoms with Crippen LogP contribution in [0, 0.1) is 5.92 Å². The molecular weight excluding hydrogens is 380 g/mol. The molecule has 1 amide bonds. The molecule has 2 heterocycles. The maximum absolute atomic E-state index is 12.6. The van der Waals surface area contributed by atoms with Gasteiger partial charge in [-0.2, -0.15) is 0 Å². The van der Waals surface area contributed by atoms with Crippen molar-refractivity contribution in [2.45, 2.75) is 55.8 Å². The molecule has 4 rings (SSSR count). The summed E-state index contributed by atoms with van der Waals surface area (Å²) in [4.78, 5) is 14.8. The lowest BCUT2D eigenvalue weighted by atomic mass is 9.97. The first-order chi connectivity index (χ1) is 13.5. The quantitative estimate of drug-likeness (QED) is 0.742. The van der Waals surface area contributed by atoms with E-state index in [1.165, 1.54) is 0 Å². The van der Waals surface area contributed by atoms with Crippen LogP contribution in [0.5, 0.6) is 0 Å². The minimum absolute atomic E-state index is 0.0932. The first kappa shape index (κ1) is 19.8. The molecule has 28 heavy (non-hydrogen) atoms. The fourth-order valence-corrected chi connectivity index (χ4v) is 5.15. The van der Waals surface area contributed by atoms with Crippen LogP contribution in [0.4, 0.5) is 0 Å². The summed E-state index contributed by atoms with van der Waals surface area (Å²) in [6, 6.07) is 6.93. The normalized spacial score (nSPS) is 23.9. The molecule has 1 saturated carbocycles. The summed E-state index contributed by atoms with van der Waals surface area (Å²) in [5.74, 6) is 0.387. The molecule has 2 aliphatic heterocycles. The van der Waals surface area contributed by atoms with Gasteiger partial charge in [0.05, 0.1) is 18.1 Å². The Morgan fingerprint density at radius 2 is 1.82 bits per heavy atom. The van der Waals surface area contributed by atoms with Crippen LogP contribution in [0.3, 0.4) is 0 Å². The number of piperidine rings is 1. The molecule has 3 fully saturated rings. The third-order valence-corrected chi connectivity index (χ3v) is 7.14. The molecule has 1 unspecified atom stereocenters. The van der Waals surface area contributed by atoms with Gasteiger partial charge in [0.1, 0.15) is 0 Å². The van der Waals surface area contributed by atoms with Crippen LogP contribution in [-0.4, -0.2) is 57.9 Å². The number of likely N-dealkylation sites (tertiary alicyclic amines) is 1. The van der Waals surface area contributed by atoms with Crippen molar-refractivity contribution >= 4 is 15.9 Å². The fourth-order valence-electron chi connectivity index (χ4n) is 3.84. The molecule has 1 aromatic rings. The first-order valence-electron chi connectivity index (χ1n) is 10.1. The minimum Gasteiger partial charge on any atom is -0.350 e. The molecule has 0 aromatic heterocycles. The van der Waals surface area contributed by atoms with E-state index in [0.717, 1.165) is 37.8 Å². The highest BCUT2D eigenvalue weighted by Crippen LogP contribution is 2.26. The lowest BCUT2D eigenvalue weighted by Crippen LogP contribution is -2.43. The van der Waals surface area contributed by atoms with Crippen molar-refractivity contribution < 1.29 is 22.7 Å². The van der Waals surface area contributed by atoms with E-state index in [2.05, 4.69) is 4.72 Å². The van der Waals surface area contributed by atoms with Crippen LogP contribution < -0.4 is 4.72 Å². The number of nitrogens with zero attached hydrogens (tertiary/aromatic N) is 1. The summed E-state index contributed by atoms with van der Waals surface area (Å²) in [6.45, 7) is 2.74. The van der Waals surface area contributed by atoms with E-state index in [-0.39, 0.29) is 29.1 Å². The molecule has 2 saturated heterocycles. The predicted molar refractivity (Wildman–Crippen MR) is 103 cm³/mol. The van der Waals surface area contributed by atoms with E-state index in [1.54, 1.807) is 24.3 Å². The average molecular weight is 409 g/mol. The molecule has 0 bridgehead atoms. The zero-order valence-corrected chi connectivity index (χ0v) is 16.8. The van der Waals surface area contributed by atoms with Gasteiger partial charge in [0.2, 0.25) is 15.9 Å². The SMILES string of the molecule is O=C(CCc1ccc(S(=O)(=O)NC2CC2)cc1)N1CCCC(C2OCCO2)C1. The van der Waals surface area contributed by atoms with Gasteiger partial charge in [-0.05, 0) is 49.8 Å². The summed E-state index contributed by atoms with van der Waals surface area (Å²) in [7, 11) is -3.43. The smallest absolute Gasteiger partial charge is 0.240 e. The molecule has 7 nitrogen and oxygen atoms in total. The van der Waals surface area contributed by atoms with Crippen molar-refractivity contribution in [1.82, 2.24) is 9.62 Å². The fraction of sp³-hybridized carbons (Fsp3) is 0.650. The van der Waals surface area contributed by atoms with E-state index < -0.39 is 10.0 Å². The molecule has 1 aromatic carbocycles. The lowest BCUT2D eigenvalue weighted by molar-refractivity contribution is -0.139. The lowest BCUT2D eigenvalue weighted by Gasteiger charge is -2.34. The monoisotopic (exact) mass is 408 g/mol. The van der Waals surface area contributed by atoms with Gasteiger partial charge in [0.25, 0.3) is 0 Å². The largest absolute Gasteiger partial charge is 0.350 e. The molecule has 0 spiro atoms. The van der Waals surface area contributed by atoms with Crippen LogP contribution in [0.25, 0.3) is 0 Å². The van der Waals surface area contributed by atoms with Gasteiger partial charge in [-0.25, -0.2) is 13.1 Å². The molecule has 8 heteroatoms. The van der Waals surface area contributed by atoms with Crippen LogP contribution in [0.2, 0.25) is 0 Å². The van der Waals surface area contributed by atoms with Crippen molar-refractivity contribution in [3.8, 4) is 0 Å². The Hall–Kier alpha value is -1.48. The molecule has 0 radical (unpaired) electrons. The molecule has 1 N–H and O–H groups in total. The molecule has 1 aliphatic carbocycles. The Kier molecular flexibility index (Phi) is 6.01. The Balaban J connectivity index is 1.28. The van der Waals surface area contributed by atoms with Crippen molar-refractivity contribution in [2.75, 3.05) is 26.3 Å². The van der Waals surface area contributed by atoms with E-state index >= 15 is 0 Å². The van der Waals surface area contributed by atoms with E-state index in [1.807, 2.05) is 4.90 Å². The van der Waals surface area contributed by atoms with Gasteiger partial charge in [0, 0.05) is 31.5 Å². The van der Waals surface area contributed by atoms with Crippen molar-refractivity contribution in [3.05, 3.63) is 29.8 Å². The summed E-state index contributed by atoms with van der Waals surface area (Å²) in [5.41, 5.74) is 0.967. The second-order valence-corrected chi connectivity index (χ2v) is 9.61. The van der Waals surface area contributed by atoms with Gasteiger partial charge < -0.3 is 14.4 Å². The Labute approximate surface area is 166 Å². The van der Waals surface area contributed by atoms with Crippen molar-refractivity contribution in [1.29, 1.82) is 0 Å². The number of carbonyl (C=O) groups excluding carboxylic acids is 1. The summed E-state index contributed by atoms with van der Waals surface area (Å²) >= 11 is 0. The topological polar surface area (TPSA) is 84.9 Å². The zero-order valence-electron chi connectivity index (χ0n) is 16.0. The summed E-state index contributed by atoms with van der Waals surface area (Å²) < 4.78 is 38.3. The number of benzene rings is 1. The number of nitrogens with one attached hydrogen (secondary N) is 1. The molecule has 154 valence electrons. The third kappa shape index (κ3) is 4.92. The van der Waals surface area contributed by atoms with Gasteiger partial charge >= 0.3 is 0 Å². The minimum atomic E-state index is -3.43. The first-order valence-corrected chi connectivity index (χ1v) is 11.6. The van der Waals surface area contributed by atoms with Crippen LogP contribution >= 0.6 is 0 Å². The van der Waals surface area contributed by atoms with Crippen molar-refractivity contribution in [2.24, 2.45) is 5.92 Å². The van der Waals surface area contributed by atoms with Gasteiger partial charge in [-0.3, -0.25) is 4.79 Å². The third-order valence-electron chi connectivity index (χ3n) is 5.60. The van der Waals surface area contributed by atoms with E-state index in [4.69, 9.17) is 9.47 Å². The maximum Gasteiger partial charge on any atom is 0.240 e. The molecule has 3 aliphatic rings. The number of aryl methyl sites for hydroxylation is 1. The highest BCUT2D eigenvalue weighted by molar-refractivity contribution is 7.89. The number of carbonyl (C=O) groups is 1.